The van der Waals surface area contributed by atoms with Gasteiger partial charge >= 0.3 is 0 Å². The zero-order valence-electron chi connectivity index (χ0n) is 13.8. The van der Waals surface area contributed by atoms with Crippen LogP contribution in [-0.4, -0.2) is 30.8 Å². The van der Waals surface area contributed by atoms with Crippen molar-refractivity contribution in [3.05, 3.63) is 66.0 Å². The number of rotatable bonds is 7. The second-order valence-corrected chi connectivity index (χ2v) is 8.25. The zero-order valence-corrected chi connectivity index (χ0v) is 14.7. The summed E-state index contributed by atoms with van der Waals surface area (Å²) in [5, 5.41) is 2.83. The minimum atomic E-state index is -3.41. The van der Waals surface area contributed by atoms with E-state index < -0.39 is 27.5 Å². The number of nitrogens with one attached hydrogen (secondary N) is 1. The summed E-state index contributed by atoms with van der Waals surface area (Å²) in [7, 11) is -3.41. The van der Waals surface area contributed by atoms with Crippen LogP contribution in [0.25, 0.3) is 0 Å². The van der Waals surface area contributed by atoms with Gasteiger partial charge in [0, 0.05) is 12.4 Å². The van der Waals surface area contributed by atoms with Gasteiger partial charge in [0.2, 0.25) is 5.91 Å². The maximum absolute atomic E-state index is 12.3. The number of nitrogens with zero attached hydrogens (tertiary/aromatic N) is 1. The van der Waals surface area contributed by atoms with Crippen LogP contribution >= 0.6 is 0 Å². The third kappa shape index (κ3) is 5.45. The minimum absolute atomic E-state index is 0.00564. The number of aromatic nitrogens is 1. The van der Waals surface area contributed by atoms with Crippen LogP contribution in [0.15, 0.2) is 54.9 Å². The Bertz CT molecular complexity index is 720. The highest BCUT2D eigenvalue weighted by atomic mass is 32.2. The Morgan fingerprint density at radius 1 is 1.04 bits per heavy atom. The Labute approximate surface area is 143 Å². The molecule has 24 heavy (non-hydrogen) atoms. The Hall–Kier alpha value is -2.21. The van der Waals surface area contributed by atoms with E-state index in [1.54, 1.807) is 24.5 Å². The third-order valence-electron chi connectivity index (χ3n) is 3.42. The summed E-state index contributed by atoms with van der Waals surface area (Å²) >= 11 is 0. The Morgan fingerprint density at radius 2 is 1.62 bits per heavy atom. The van der Waals surface area contributed by atoms with Gasteiger partial charge in [0.1, 0.15) is 5.75 Å². The highest BCUT2D eigenvalue weighted by Crippen LogP contribution is 2.21. The molecule has 6 heteroatoms. The van der Waals surface area contributed by atoms with Gasteiger partial charge in [-0.2, -0.15) is 0 Å². The van der Waals surface area contributed by atoms with Crippen molar-refractivity contribution in [1.29, 1.82) is 0 Å². The molecule has 1 aromatic heterocycles. The molecule has 0 fully saturated rings. The van der Waals surface area contributed by atoms with E-state index in [2.05, 4.69) is 10.3 Å². The highest BCUT2D eigenvalue weighted by Gasteiger charge is 2.22. The van der Waals surface area contributed by atoms with E-state index >= 15 is 0 Å². The van der Waals surface area contributed by atoms with E-state index in [0.29, 0.717) is 0 Å². The maximum atomic E-state index is 12.3. The van der Waals surface area contributed by atoms with E-state index in [1.807, 2.05) is 44.2 Å². The molecule has 1 atom stereocenters. The number of benzene rings is 1. The van der Waals surface area contributed by atoms with Crippen LogP contribution in [0.4, 0.5) is 0 Å². The summed E-state index contributed by atoms with van der Waals surface area (Å²) in [5.74, 6) is -1.00. The van der Waals surface area contributed by atoms with Crippen LogP contribution < -0.4 is 5.32 Å². The molecule has 0 spiro atoms. The lowest BCUT2D eigenvalue weighted by atomic mass is 10.00. The molecule has 1 unspecified atom stereocenters. The first kappa shape index (κ1) is 18.1. The Kier molecular flexibility index (Phi) is 6.09. The molecule has 2 rings (SSSR count). The average molecular weight is 346 g/mol. The number of hydrogen-bond acceptors (Lipinski definition) is 4. The van der Waals surface area contributed by atoms with Gasteiger partial charge in [-0.05, 0) is 29.2 Å². The first-order chi connectivity index (χ1) is 11.4. The quantitative estimate of drug-likeness (QED) is 0.835. The Morgan fingerprint density at radius 3 is 2.21 bits per heavy atom. The lowest BCUT2D eigenvalue weighted by Crippen LogP contribution is -2.35. The topological polar surface area (TPSA) is 76.1 Å². The van der Waals surface area contributed by atoms with Gasteiger partial charge in [-0.1, -0.05) is 44.2 Å². The first-order valence-electron chi connectivity index (χ1n) is 7.82. The fraction of sp³-hybridized carbons (Fsp3) is 0.333. The lowest BCUT2D eigenvalue weighted by Gasteiger charge is -2.20. The van der Waals surface area contributed by atoms with Gasteiger partial charge in [0.25, 0.3) is 0 Å². The van der Waals surface area contributed by atoms with Gasteiger partial charge in [-0.25, -0.2) is 8.42 Å². The number of amides is 1. The molecular weight excluding hydrogens is 324 g/mol. The molecule has 0 aliphatic carbocycles. The van der Waals surface area contributed by atoms with Crippen molar-refractivity contribution in [3.8, 4) is 0 Å². The predicted molar refractivity (Wildman–Crippen MR) is 94.2 cm³/mol. The van der Waals surface area contributed by atoms with E-state index in [9.17, 15) is 13.2 Å². The molecule has 1 N–H and O–H groups in total. The van der Waals surface area contributed by atoms with E-state index in [-0.39, 0.29) is 11.7 Å². The molecule has 2 aromatic rings. The largest absolute Gasteiger partial charge is 0.344 e. The van der Waals surface area contributed by atoms with E-state index in [1.165, 1.54) is 0 Å². The summed E-state index contributed by atoms with van der Waals surface area (Å²) in [6, 6.07) is 12.7. The van der Waals surface area contributed by atoms with Gasteiger partial charge in [-0.15, -0.1) is 0 Å². The standard InChI is InChI=1S/C18H22N2O3S/c1-14(2)12-24(22,23)13-17(21)20-18(15-6-4-3-5-7-15)16-8-10-19-11-9-16/h3-11,14,18H,12-13H2,1-2H3,(H,20,21). The van der Waals surface area contributed by atoms with Crippen molar-refractivity contribution in [3.63, 3.8) is 0 Å². The highest BCUT2D eigenvalue weighted by molar-refractivity contribution is 7.92. The van der Waals surface area contributed by atoms with Crippen LogP contribution in [0.2, 0.25) is 0 Å². The molecule has 0 saturated carbocycles. The minimum Gasteiger partial charge on any atom is -0.344 e. The average Bonchev–Trinajstić information content (AvgIpc) is 2.52. The molecule has 0 aliphatic rings. The molecule has 1 heterocycles. The van der Waals surface area contributed by atoms with Crippen molar-refractivity contribution in [1.82, 2.24) is 10.3 Å². The number of sulfone groups is 1. The summed E-state index contributed by atoms with van der Waals surface area (Å²) < 4.78 is 24.1. The number of carbonyl (C=O) groups is 1. The monoisotopic (exact) mass is 346 g/mol. The maximum Gasteiger partial charge on any atom is 0.235 e. The van der Waals surface area contributed by atoms with Crippen molar-refractivity contribution in [2.24, 2.45) is 5.92 Å². The summed E-state index contributed by atoms with van der Waals surface area (Å²) in [5.41, 5.74) is 1.74. The molecule has 0 bridgehead atoms. The Balaban J connectivity index is 2.19. The molecule has 0 aliphatic heterocycles. The predicted octanol–water partition coefficient (Wildman–Crippen LogP) is 2.36. The number of carbonyl (C=O) groups excluding carboxylic acids is 1. The van der Waals surface area contributed by atoms with Crippen molar-refractivity contribution < 1.29 is 13.2 Å². The second-order valence-electron chi connectivity index (χ2n) is 6.14. The number of hydrogen-bond donors (Lipinski definition) is 1. The SMILES string of the molecule is CC(C)CS(=O)(=O)CC(=O)NC(c1ccccc1)c1ccncc1. The van der Waals surface area contributed by atoms with Gasteiger partial charge in [0.15, 0.2) is 9.84 Å². The fourth-order valence-electron chi connectivity index (χ4n) is 2.53. The molecule has 0 saturated heterocycles. The fourth-order valence-corrected chi connectivity index (χ4v) is 4.15. The van der Waals surface area contributed by atoms with Gasteiger partial charge < -0.3 is 5.32 Å². The summed E-state index contributed by atoms with van der Waals surface area (Å²) in [6.07, 6.45) is 3.29. The molecular formula is C18H22N2O3S. The molecule has 0 radical (unpaired) electrons. The van der Waals surface area contributed by atoms with Crippen LogP contribution in [0, 0.1) is 5.92 Å². The van der Waals surface area contributed by atoms with E-state index in [4.69, 9.17) is 0 Å². The van der Waals surface area contributed by atoms with Crippen molar-refractivity contribution in [2.45, 2.75) is 19.9 Å². The van der Waals surface area contributed by atoms with Gasteiger partial charge in [0.05, 0.1) is 11.8 Å². The van der Waals surface area contributed by atoms with Gasteiger partial charge in [-0.3, -0.25) is 9.78 Å². The number of pyridine rings is 1. The van der Waals surface area contributed by atoms with Crippen LogP contribution in [0.3, 0.4) is 0 Å². The van der Waals surface area contributed by atoms with Crippen LogP contribution in [0.5, 0.6) is 0 Å². The van der Waals surface area contributed by atoms with Crippen LogP contribution in [0.1, 0.15) is 31.0 Å². The summed E-state index contributed by atoms with van der Waals surface area (Å²) in [6.45, 7) is 3.64. The van der Waals surface area contributed by atoms with Crippen LogP contribution in [-0.2, 0) is 14.6 Å². The normalized spacial score (nSPS) is 12.8. The third-order valence-corrected chi connectivity index (χ3v) is 5.29. The summed E-state index contributed by atoms with van der Waals surface area (Å²) in [4.78, 5) is 16.3. The molecule has 5 nitrogen and oxygen atoms in total. The zero-order chi connectivity index (χ0) is 17.6. The second kappa shape index (κ2) is 8.06. The first-order valence-corrected chi connectivity index (χ1v) is 9.64. The van der Waals surface area contributed by atoms with E-state index in [0.717, 1.165) is 11.1 Å². The molecule has 1 amide bonds. The molecule has 1 aromatic carbocycles. The molecule has 128 valence electrons. The van der Waals surface area contributed by atoms with Crippen molar-refractivity contribution >= 4 is 15.7 Å². The lowest BCUT2D eigenvalue weighted by molar-refractivity contribution is -0.119. The smallest absolute Gasteiger partial charge is 0.235 e. The van der Waals surface area contributed by atoms with Crippen molar-refractivity contribution in [2.75, 3.05) is 11.5 Å².